The maximum atomic E-state index is 14.2. The monoisotopic (exact) mass is 373 g/mol. The molecule has 0 aliphatic rings. The van der Waals surface area contributed by atoms with E-state index in [1.54, 1.807) is 0 Å². The van der Waals surface area contributed by atoms with Gasteiger partial charge in [0.15, 0.2) is 0 Å². The number of aliphatic imine (C=N–C) groups is 2. The molecule has 0 fully saturated rings. The molecule has 0 unspecified atom stereocenters. The standard InChI is InChI=1S/C18H23ClF3N3/c1-4-7-15(23-3)13(5-2)18(25-11-19)24-10-12-8-6-9-14(16(12)20)17(21)22/h6,8-9,17H,3-5,7,10-11H2,1-2H3,(H,24,25)/b15-13-. The van der Waals surface area contributed by atoms with Gasteiger partial charge in [0.1, 0.15) is 11.7 Å². The van der Waals surface area contributed by atoms with Gasteiger partial charge in [-0.1, -0.05) is 38.5 Å². The highest BCUT2D eigenvalue weighted by Gasteiger charge is 2.16. The van der Waals surface area contributed by atoms with Crippen LogP contribution in [0.1, 0.15) is 50.7 Å². The number of rotatable bonds is 9. The molecule has 1 aromatic carbocycles. The summed E-state index contributed by atoms with van der Waals surface area (Å²) in [6.45, 7) is 7.48. The lowest BCUT2D eigenvalue weighted by atomic mass is 10.1. The fourth-order valence-corrected chi connectivity index (χ4v) is 2.57. The van der Waals surface area contributed by atoms with E-state index in [-0.39, 0.29) is 18.1 Å². The van der Waals surface area contributed by atoms with Crippen molar-refractivity contribution in [3.8, 4) is 0 Å². The van der Waals surface area contributed by atoms with E-state index in [0.29, 0.717) is 12.3 Å². The fraction of sp³-hybridized carbons (Fsp3) is 0.444. The molecular weight excluding hydrogens is 351 g/mol. The van der Waals surface area contributed by atoms with Gasteiger partial charge in [-0.3, -0.25) is 9.98 Å². The van der Waals surface area contributed by atoms with Crippen LogP contribution in [0.4, 0.5) is 13.2 Å². The van der Waals surface area contributed by atoms with Crippen molar-refractivity contribution in [1.82, 2.24) is 5.32 Å². The largest absolute Gasteiger partial charge is 0.357 e. The number of allylic oxidation sites excluding steroid dienone is 1. The van der Waals surface area contributed by atoms with Crippen molar-refractivity contribution >= 4 is 24.2 Å². The molecule has 0 atom stereocenters. The van der Waals surface area contributed by atoms with E-state index in [1.807, 2.05) is 13.8 Å². The van der Waals surface area contributed by atoms with Crippen LogP contribution in [0.15, 0.2) is 39.5 Å². The number of amidine groups is 1. The fourth-order valence-electron chi connectivity index (χ4n) is 2.45. The predicted molar refractivity (Wildman–Crippen MR) is 98.1 cm³/mol. The molecule has 1 aromatic rings. The summed E-state index contributed by atoms with van der Waals surface area (Å²) in [5.74, 6) is -0.445. The van der Waals surface area contributed by atoms with E-state index in [0.717, 1.165) is 30.2 Å². The highest BCUT2D eigenvalue weighted by Crippen LogP contribution is 2.25. The summed E-state index contributed by atoms with van der Waals surface area (Å²) < 4.78 is 39.8. The molecule has 3 nitrogen and oxygen atoms in total. The quantitative estimate of drug-likeness (QED) is 0.259. The van der Waals surface area contributed by atoms with Crippen molar-refractivity contribution in [3.63, 3.8) is 0 Å². The Kier molecular flexibility index (Phi) is 9.27. The Morgan fingerprint density at radius 1 is 1.32 bits per heavy atom. The van der Waals surface area contributed by atoms with Gasteiger partial charge in [-0.05, 0) is 19.6 Å². The van der Waals surface area contributed by atoms with E-state index < -0.39 is 17.8 Å². The number of nitrogens with one attached hydrogen (secondary N) is 1. The van der Waals surface area contributed by atoms with Crippen LogP contribution in [-0.2, 0) is 6.54 Å². The van der Waals surface area contributed by atoms with Crippen molar-refractivity contribution in [2.75, 3.05) is 6.00 Å². The van der Waals surface area contributed by atoms with Crippen LogP contribution in [0.25, 0.3) is 0 Å². The van der Waals surface area contributed by atoms with Crippen LogP contribution in [0.5, 0.6) is 0 Å². The molecule has 25 heavy (non-hydrogen) atoms. The number of nitrogens with zero attached hydrogens (tertiary/aromatic N) is 2. The van der Waals surface area contributed by atoms with E-state index in [9.17, 15) is 13.2 Å². The molecule has 0 saturated carbocycles. The Bertz CT molecular complexity index is 642. The summed E-state index contributed by atoms with van der Waals surface area (Å²) in [6.07, 6.45) is -0.616. The topological polar surface area (TPSA) is 36.8 Å². The van der Waals surface area contributed by atoms with Crippen LogP contribution in [-0.4, -0.2) is 18.6 Å². The minimum atomic E-state index is -2.86. The first-order valence-electron chi connectivity index (χ1n) is 8.08. The summed E-state index contributed by atoms with van der Waals surface area (Å²) in [6, 6.07) is 4.02. The SMILES string of the molecule is C=N/C(CCC)=C(/CC)C(=NCc1cccc(C(F)F)c1F)NCCl. The highest BCUT2D eigenvalue weighted by molar-refractivity contribution is 6.19. The number of hydrogen-bond donors (Lipinski definition) is 1. The van der Waals surface area contributed by atoms with Crippen LogP contribution >= 0.6 is 11.6 Å². The van der Waals surface area contributed by atoms with E-state index >= 15 is 0 Å². The molecule has 0 aliphatic heterocycles. The average Bonchev–Trinajstić information content (AvgIpc) is 2.60. The Morgan fingerprint density at radius 2 is 2.04 bits per heavy atom. The lowest BCUT2D eigenvalue weighted by molar-refractivity contribution is 0.146. The van der Waals surface area contributed by atoms with Crippen molar-refractivity contribution in [2.45, 2.75) is 46.1 Å². The van der Waals surface area contributed by atoms with E-state index in [2.05, 4.69) is 22.0 Å². The van der Waals surface area contributed by atoms with Crippen molar-refractivity contribution in [2.24, 2.45) is 9.98 Å². The molecule has 1 N–H and O–H groups in total. The minimum absolute atomic E-state index is 0.0777. The Balaban J connectivity index is 3.23. The molecule has 0 saturated heterocycles. The molecule has 138 valence electrons. The van der Waals surface area contributed by atoms with Gasteiger partial charge in [-0.2, -0.15) is 0 Å². The second-order valence-electron chi connectivity index (χ2n) is 5.28. The van der Waals surface area contributed by atoms with Gasteiger partial charge < -0.3 is 5.32 Å². The van der Waals surface area contributed by atoms with Gasteiger partial charge in [-0.15, -0.1) is 11.6 Å². The van der Waals surface area contributed by atoms with Gasteiger partial charge in [0, 0.05) is 16.8 Å². The molecule has 7 heteroatoms. The highest BCUT2D eigenvalue weighted by atomic mass is 35.5. The predicted octanol–water partition coefficient (Wildman–Crippen LogP) is 5.61. The summed E-state index contributed by atoms with van der Waals surface area (Å²) in [5, 5.41) is 2.93. The number of alkyl halides is 3. The first-order chi connectivity index (χ1) is 12.0. The van der Waals surface area contributed by atoms with Crippen molar-refractivity contribution < 1.29 is 13.2 Å². The van der Waals surface area contributed by atoms with Gasteiger partial charge in [0.2, 0.25) is 0 Å². The van der Waals surface area contributed by atoms with Crippen LogP contribution in [0.2, 0.25) is 0 Å². The third kappa shape index (κ3) is 5.88. The molecule has 0 amide bonds. The maximum Gasteiger partial charge on any atom is 0.266 e. The lowest BCUT2D eigenvalue weighted by Crippen LogP contribution is -2.25. The molecule has 0 aromatic heterocycles. The van der Waals surface area contributed by atoms with Gasteiger partial charge >= 0.3 is 0 Å². The van der Waals surface area contributed by atoms with Gasteiger partial charge in [0.05, 0.1) is 18.1 Å². The van der Waals surface area contributed by atoms with Crippen LogP contribution in [0, 0.1) is 5.82 Å². The smallest absolute Gasteiger partial charge is 0.266 e. The maximum absolute atomic E-state index is 14.2. The Morgan fingerprint density at radius 3 is 2.56 bits per heavy atom. The first-order valence-corrected chi connectivity index (χ1v) is 8.62. The number of hydrogen-bond acceptors (Lipinski definition) is 2. The summed E-state index contributed by atoms with van der Waals surface area (Å²) >= 11 is 5.77. The normalized spacial score (nSPS) is 13.0. The number of benzene rings is 1. The Hall–Kier alpha value is -1.82. The summed E-state index contributed by atoms with van der Waals surface area (Å²) in [7, 11) is 0. The lowest BCUT2D eigenvalue weighted by Gasteiger charge is -2.14. The van der Waals surface area contributed by atoms with Crippen molar-refractivity contribution in [3.05, 3.63) is 46.4 Å². The zero-order valence-electron chi connectivity index (χ0n) is 14.5. The Labute approximate surface area is 151 Å². The molecule has 1 rings (SSSR count). The van der Waals surface area contributed by atoms with Gasteiger partial charge in [0.25, 0.3) is 6.43 Å². The van der Waals surface area contributed by atoms with Crippen LogP contribution in [0.3, 0.4) is 0 Å². The molecule has 0 aliphatic carbocycles. The average molecular weight is 374 g/mol. The molecular formula is C18H23ClF3N3. The second kappa shape index (κ2) is 10.9. The van der Waals surface area contributed by atoms with E-state index in [4.69, 9.17) is 11.6 Å². The zero-order valence-corrected chi connectivity index (χ0v) is 15.2. The second-order valence-corrected chi connectivity index (χ2v) is 5.55. The number of halogens is 4. The van der Waals surface area contributed by atoms with Crippen molar-refractivity contribution in [1.29, 1.82) is 0 Å². The molecule has 0 radical (unpaired) electrons. The minimum Gasteiger partial charge on any atom is -0.357 e. The zero-order chi connectivity index (χ0) is 18.8. The third-order valence-electron chi connectivity index (χ3n) is 3.65. The molecule has 0 heterocycles. The summed E-state index contributed by atoms with van der Waals surface area (Å²) in [5.41, 5.74) is 1.11. The van der Waals surface area contributed by atoms with Crippen LogP contribution < -0.4 is 5.32 Å². The van der Waals surface area contributed by atoms with Gasteiger partial charge in [-0.25, -0.2) is 13.2 Å². The molecule has 0 bridgehead atoms. The molecule has 0 spiro atoms. The third-order valence-corrected chi connectivity index (χ3v) is 3.78. The first kappa shape index (κ1) is 21.2. The van der Waals surface area contributed by atoms with E-state index in [1.165, 1.54) is 12.1 Å². The summed E-state index contributed by atoms with van der Waals surface area (Å²) in [4.78, 5) is 8.41.